The zero-order valence-electron chi connectivity index (χ0n) is 11.5. The van der Waals surface area contributed by atoms with Gasteiger partial charge in [0.25, 0.3) is 0 Å². The Morgan fingerprint density at radius 1 is 1.32 bits per heavy atom. The molecule has 0 atom stereocenters. The summed E-state index contributed by atoms with van der Waals surface area (Å²) in [5.74, 6) is 1.83. The summed E-state index contributed by atoms with van der Waals surface area (Å²) in [7, 11) is 1.77. The summed E-state index contributed by atoms with van der Waals surface area (Å²) in [4.78, 5) is 5.42. The molecule has 3 nitrogen and oxygen atoms in total. The van der Waals surface area contributed by atoms with E-state index in [1.807, 2.05) is 17.8 Å². The molecule has 0 heterocycles. The lowest BCUT2D eigenvalue weighted by molar-refractivity contribution is 0.885. The lowest BCUT2D eigenvalue weighted by Gasteiger charge is -2.10. The van der Waals surface area contributed by atoms with E-state index in [9.17, 15) is 0 Å². The van der Waals surface area contributed by atoms with Crippen LogP contribution in [0.5, 0.6) is 0 Å². The molecule has 0 bridgehead atoms. The van der Waals surface area contributed by atoms with Crippen molar-refractivity contribution in [2.75, 3.05) is 25.9 Å². The van der Waals surface area contributed by atoms with Crippen LogP contribution >= 0.6 is 35.7 Å². The van der Waals surface area contributed by atoms with E-state index < -0.39 is 0 Å². The summed E-state index contributed by atoms with van der Waals surface area (Å²) in [6, 6.07) is 8.59. The molecule has 19 heavy (non-hydrogen) atoms. The van der Waals surface area contributed by atoms with Crippen molar-refractivity contribution in [2.45, 2.75) is 11.8 Å². The SMILES string of the molecule is C=CCNC(=NC)NCCSc1ccc(C)cc1.I. The summed E-state index contributed by atoms with van der Waals surface area (Å²) in [5.41, 5.74) is 1.30. The molecule has 0 fully saturated rings. The second kappa shape index (κ2) is 11.2. The van der Waals surface area contributed by atoms with E-state index in [0.29, 0.717) is 0 Å². The number of rotatable bonds is 6. The zero-order chi connectivity index (χ0) is 13.2. The molecule has 5 heteroatoms. The number of guanidine groups is 1. The number of benzene rings is 1. The lowest BCUT2D eigenvalue weighted by Crippen LogP contribution is -2.38. The van der Waals surface area contributed by atoms with Gasteiger partial charge in [-0.3, -0.25) is 4.99 Å². The van der Waals surface area contributed by atoms with Gasteiger partial charge in [-0.25, -0.2) is 0 Å². The maximum Gasteiger partial charge on any atom is 0.191 e. The van der Waals surface area contributed by atoms with Gasteiger partial charge in [-0.1, -0.05) is 23.8 Å². The maximum absolute atomic E-state index is 4.12. The molecule has 0 radical (unpaired) electrons. The summed E-state index contributed by atoms with van der Waals surface area (Å²) >= 11 is 1.84. The van der Waals surface area contributed by atoms with Crippen molar-refractivity contribution in [2.24, 2.45) is 4.99 Å². The van der Waals surface area contributed by atoms with E-state index >= 15 is 0 Å². The number of nitrogens with one attached hydrogen (secondary N) is 2. The van der Waals surface area contributed by atoms with Crippen LogP contribution in [0.1, 0.15) is 5.56 Å². The Balaban J connectivity index is 0.00000324. The molecular formula is C14H22IN3S. The second-order valence-electron chi connectivity index (χ2n) is 3.83. The Hall–Kier alpha value is -0.690. The molecule has 0 saturated carbocycles. The van der Waals surface area contributed by atoms with Gasteiger partial charge in [0.05, 0.1) is 0 Å². The highest BCUT2D eigenvalue weighted by molar-refractivity contribution is 14.0. The number of hydrogen-bond donors (Lipinski definition) is 2. The van der Waals surface area contributed by atoms with Gasteiger partial charge in [-0.15, -0.1) is 42.3 Å². The van der Waals surface area contributed by atoms with Gasteiger partial charge in [-0.05, 0) is 19.1 Å². The molecule has 106 valence electrons. The van der Waals surface area contributed by atoms with Crippen LogP contribution in [0.3, 0.4) is 0 Å². The van der Waals surface area contributed by atoms with Gasteiger partial charge < -0.3 is 10.6 Å². The topological polar surface area (TPSA) is 36.4 Å². The van der Waals surface area contributed by atoms with Crippen LogP contribution in [0.15, 0.2) is 46.8 Å². The van der Waals surface area contributed by atoms with Gasteiger partial charge >= 0.3 is 0 Å². The number of thioether (sulfide) groups is 1. The van der Waals surface area contributed by atoms with Gasteiger partial charge in [-0.2, -0.15) is 0 Å². The molecule has 0 saturated heterocycles. The second-order valence-corrected chi connectivity index (χ2v) is 5.00. The molecule has 2 N–H and O–H groups in total. The average Bonchev–Trinajstić information content (AvgIpc) is 2.40. The van der Waals surface area contributed by atoms with Crippen molar-refractivity contribution in [1.29, 1.82) is 0 Å². The van der Waals surface area contributed by atoms with Crippen molar-refractivity contribution in [1.82, 2.24) is 10.6 Å². The Bertz CT molecular complexity index is 390. The molecule has 0 unspecified atom stereocenters. The summed E-state index contributed by atoms with van der Waals surface area (Å²) in [6.45, 7) is 7.37. The Morgan fingerprint density at radius 3 is 2.58 bits per heavy atom. The van der Waals surface area contributed by atoms with Crippen LogP contribution < -0.4 is 10.6 Å². The highest BCUT2D eigenvalue weighted by Gasteiger charge is 1.96. The third kappa shape index (κ3) is 8.15. The molecule has 0 aliphatic carbocycles. The van der Waals surface area contributed by atoms with Crippen LogP contribution in [-0.4, -0.2) is 31.8 Å². The van der Waals surface area contributed by atoms with E-state index in [2.05, 4.69) is 53.4 Å². The standard InChI is InChI=1S/C14H21N3S.HI/c1-4-9-16-14(15-3)17-10-11-18-13-7-5-12(2)6-8-13;/h4-8H,1,9-11H2,2-3H3,(H2,15,16,17);1H. The fourth-order valence-electron chi connectivity index (χ4n) is 1.36. The third-order valence-corrected chi connectivity index (χ3v) is 3.34. The fourth-order valence-corrected chi connectivity index (χ4v) is 2.13. The highest BCUT2D eigenvalue weighted by atomic mass is 127. The minimum atomic E-state index is 0. The first-order chi connectivity index (χ1) is 8.76. The van der Waals surface area contributed by atoms with Gasteiger partial charge in [0, 0.05) is 30.8 Å². The van der Waals surface area contributed by atoms with Crippen LogP contribution in [-0.2, 0) is 0 Å². The van der Waals surface area contributed by atoms with Crippen molar-refractivity contribution < 1.29 is 0 Å². The molecular weight excluding hydrogens is 369 g/mol. The van der Waals surface area contributed by atoms with Gasteiger partial charge in [0.2, 0.25) is 0 Å². The maximum atomic E-state index is 4.12. The normalized spacial score (nSPS) is 10.5. The number of aliphatic imine (C=N–C) groups is 1. The first-order valence-corrected chi connectivity index (χ1v) is 6.99. The van der Waals surface area contributed by atoms with Gasteiger partial charge in [0.15, 0.2) is 5.96 Å². The van der Waals surface area contributed by atoms with Crippen LogP contribution in [0.25, 0.3) is 0 Å². The van der Waals surface area contributed by atoms with Crippen LogP contribution in [0.2, 0.25) is 0 Å². The minimum absolute atomic E-state index is 0. The first-order valence-electron chi connectivity index (χ1n) is 6.01. The monoisotopic (exact) mass is 391 g/mol. The summed E-state index contributed by atoms with van der Waals surface area (Å²) in [6.07, 6.45) is 1.81. The van der Waals surface area contributed by atoms with Crippen molar-refractivity contribution in [3.63, 3.8) is 0 Å². The number of halogens is 1. The molecule has 1 aromatic rings. The lowest BCUT2D eigenvalue weighted by atomic mass is 10.2. The number of nitrogens with zero attached hydrogens (tertiary/aromatic N) is 1. The first kappa shape index (κ1) is 18.3. The molecule has 0 aromatic heterocycles. The molecule has 0 spiro atoms. The largest absolute Gasteiger partial charge is 0.356 e. The smallest absolute Gasteiger partial charge is 0.191 e. The molecule has 0 amide bonds. The molecule has 0 aliphatic rings. The van der Waals surface area contributed by atoms with E-state index in [1.165, 1.54) is 10.5 Å². The van der Waals surface area contributed by atoms with Crippen LogP contribution in [0.4, 0.5) is 0 Å². The third-order valence-electron chi connectivity index (χ3n) is 2.32. The highest BCUT2D eigenvalue weighted by Crippen LogP contribution is 2.17. The summed E-state index contributed by atoms with van der Waals surface area (Å²) < 4.78 is 0. The van der Waals surface area contributed by atoms with Crippen molar-refractivity contribution in [3.8, 4) is 0 Å². The quantitative estimate of drug-likeness (QED) is 0.196. The number of hydrogen-bond acceptors (Lipinski definition) is 2. The van der Waals surface area contributed by atoms with Crippen molar-refractivity contribution >= 4 is 41.7 Å². The summed E-state index contributed by atoms with van der Waals surface area (Å²) in [5, 5.41) is 6.39. The van der Waals surface area contributed by atoms with Gasteiger partial charge in [0.1, 0.15) is 0 Å². The fraction of sp³-hybridized carbons (Fsp3) is 0.357. The number of aryl methyl sites for hydroxylation is 1. The van der Waals surface area contributed by atoms with E-state index in [-0.39, 0.29) is 24.0 Å². The van der Waals surface area contributed by atoms with E-state index in [4.69, 9.17) is 0 Å². The Kier molecular flexibility index (Phi) is 10.8. The van der Waals surface area contributed by atoms with Crippen LogP contribution in [0, 0.1) is 6.92 Å². The molecule has 0 aliphatic heterocycles. The van der Waals surface area contributed by atoms with E-state index in [1.54, 1.807) is 7.05 Å². The molecule has 1 aromatic carbocycles. The Morgan fingerprint density at radius 2 is 2.00 bits per heavy atom. The average molecular weight is 391 g/mol. The van der Waals surface area contributed by atoms with Crippen molar-refractivity contribution in [3.05, 3.63) is 42.5 Å². The van der Waals surface area contributed by atoms with E-state index in [0.717, 1.165) is 24.8 Å². The predicted octanol–water partition coefficient (Wildman–Crippen LogP) is 3.06. The Labute approximate surface area is 137 Å². The zero-order valence-corrected chi connectivity index (χ0v) is 14.6. The molecule has 1 rings (SSSR count). The predicted molar refractivity (Wildman–Crippen MR) is 96.9 cm³/mol. The minimum Gasteiger partial charge on any atom is -0.356 e.